The third-order valence-corrected chi connectivity index (χ3v) is 3.86. The highest BCUT2D eigenvalue weighted by atomic mass is 127. The molecule has 2 rings (SSSR count). The predicted molar refractivity (Wildman–Crippen MR) is 84.2 cm³/mol. The van der Waals surface area contributed by atoms with Gasteiger partial charge < -0.3 is 14.6 Å². The maximum absolute atomic E-state index is 5.08. The average Bonchev–Trinajstić information content (AvgIpc) is 2.79. The first-order valence-corrected chi connectivity index (χ1v) is 7.30. The standard InChI is InChI=1S/C12H13BrIN3O/c1-18-7-6-17-5-4-15-12(17)16-11-8-9(13)2-3-10(11)14/h2-5,8H,6-7H2,1H3,(H,15,16). The van der Waals surface area contributed by atoms with E-state index in [4.69, 9.17) is 4.74 Å². The van der Waals surface area contributed by atoms with Crippen molar-refractivity contribution in [3.05, 3.63) is 38.6 Å². The molecule has 0 saturated carbocycles. The van der Waals surface area contributed by atoms with E-state index < -0.39 is 0 Å². The van der Waals surface area contributed by atoms with Crippen LogP contribution in [0.2, 0.25) is 0 Å². The summed E-state index contributed by atoms with van der Waals surface area (Å²) in [7, 11) is 1.70. The molecule has 1 N–H and O–H groups in total. The molecular weight excluding hydrogens is 409 g/mol. The molecule has 0 saturated heterocycles. The van der Waals surface area contributed by atoms with Gasteiger partial charge in [-0.05, 0) is 40.8 Å². The number of anilines is 2. The average molecular weight is 422 g/mol. The predicted octanol–water partition coefficient (Wildman–Crippen LogP) is 3.64. The lowest BCUT2D eigenvalue weighted by Crippen LogP contribution is -2.07. The topological polar surface area (TPSA) is 39.1 Å². The summed E-state index contributed by atoms with van der Waals surface area (Å²) in [5, 5.41) is 3.33. The number of ether oxygens (including phenoxy) is 1. The van der Waals surface area contributed by atoms with Crippen molar-refractivity contribution in [2.75, 3.05) is 19.0 Å². The van der Waals surface area contributed by atoms with E-state index in [1.165, 1.54) is 0 Å². The Morgan fingerprint density at radius 3 is 3.11 bits per heavy atom. The van der Waals surface area contributed by atoms with E-state index >= 15 is 0 Å². The molecule has 0 aliphatic carbocycles. The van der Waals surface area contributed by atoms with Crippen LogP contribution in [-0.4, -0.2) is 23.3 Å². The number of nitrogens with zero attached hydrogens (tertiary/aromatic N) is 2. The van der Waals surface area contributed by atoms with Crippen molar-refractivity contribution in [3.8, 4) is 0 Å². The van der Waals surface area contributed by atoms with Gasteiger partial charge in [-0.3, -0.25) is 0 Å². The zero-order valence-electron chi connectivity index (χ0n) is 9.86. The molecule has 0 atom stereocenters. The minimum absolute atomic E-state index is 0.667. The van der Waals surface area contributed by atoms with Crippen LogP contribution in [0.1, 0.15) is 0 Å². The van der Waals surface area contributed by atoms with Crippen LogP contribution < -0.4 is 5.32 Å². The summed E-state index contributed by atoms with van der Waals surface area (Å²) in [5.74, 6) is 0.822. The van der Waals surface area contributed by atoms with Gasteiger partial charge in [0, 0.05) is 34.1 Å². The van der Waals surface area contributed by atoms with Crippen LogP contribution in [-0.2, 0) is 11.3 Å². The van der Waals surface area contributed by atoms with Crippen LogP contribution in [0.25, 0.3) is 0 Å². The van der Waals surface area contributed by atoms with Crippen LogP contribution in [0.4, 0.5) is 11.6 Å². The fraction of sp³-hybridized carbons (Fsp3) is 0.250. The molecule has 0 aliphatic heterocycles. The Bertz CT molecular complexity index is 530. The highest BCUT2D eigenvalue weighted by Gasteiger charge is 2.06. The Morgan fingerprint density at radius 2 is 2.33 bits per heavy atom. The van der Waals surface area contributed by atoms with E-state index in [9.17, 15) is 0 Å². The number of imidazole rings is 1. The van der Waals surface area contributed by atoms with Gasteiger partial charge in [0.2, 0.25) is 5.95 Å². The highest BCUT2D eigenvalue weighted by Crippen LogP contribution is 2.25. The van der Waals surface area contributed by atoms with E-state index in [2.05, 4.69) is 54.9 Å². The number of aromatic nitrogens is 2. The molecule has 96 valence electrons. The summed E-state index contributed by atoms with van der Waals surface area (Å²) in [6.45, 7) is 1.45. The van der Waals surface area contributed by atoms with E-state index in [-0.39, 0.29) is 0 Å². The lowest BCUT2D eigenvalue weighted by molar-refractivity contribution is 0.188. The van der Waals surface area contributed by atoms with Gasteiger partial charge in [0.05, 0.1) is 12.3 Å². The van der Waals surface area contributed by atoms with E-state index in [1.54, 1.807) is 13.3 Å². The van der Waals surface area contributed by atoms with Crippen LogP contribution in [0.3, 0.4) is 0 Å². The smallest absolute Gasteiger partial charge is 0.207 e. The minimum atomic E-state index is 0.667. The van der Waals surface area contributed by atoms with E-state index in [0.29, 0.717) is 6.61 Å². The second kappa shape index (κ2) is 6.53. The molecule has 0 spiro atoms. The normalized spacial score (nSPS) is 10.6. The third kappa shape index (κ3) is 3.46. The Kier molecular flexibility index (Phi) is 5.02. The van der Waals surface area contributed by atoms with Crippen molar-refractivity contribution in [3.63, 3.8) is 0 Å². The van der Waals surface area contributed by atoms with Crippen molar-refractivity contribution < 1.29 is 4.74 Å². The molecule has 2 aromatic rings. The zero-order chi connectivity index (χ0) is 13.0. The molecule has 4 nitrogen and oxygen atoms in total. The number of hydrogen-bond donors (Lipinski definition) is 1. The van der Waals surface area contributed by atoms with Gasteiger partial charge in [-0.1, -0.05) is 15.9 Å². The van der Waals surface area contributed by atoms with Gasteiger partial charge in [0.1, 0.15) is 0 Å². The number of rotatable bonds is 5. The summed E-state index contributed by atoms with van der Waals surface area (Å²) in [4.78, 5) is 4.31. The van der Waals surface area contributed by atoms with Crippen LogP contribution in [0.15, 0.2) is 35.1 Å². The molecule has 1 aromatic carbocycles. The summed E-state index contributed by atoms with van der Waals surface area (Å²) < 4.78 is 9.30. The molecule has 0 fully saturated rings. The molecule has 0 bridgehead atoms. The molecule has 0 aliphatic rings. The van der Waals surface area contributed by atoms with Crippen molar-refractivity contribution in [1.29, 1.82) is 0 Å². The summed E-state index contributed by atoms with van der Waals surface area (Å²) in [5.41, 5.74) is 1.04. The summed E-state index contributed by atoms with van der Waals surface area (Å²) in [6.07, 6.45) is 3.72. The van der Waals surface area contributed by atoms with Crippen molar-refractivity contribution in [2.24, 2.45) is 0 Å². The van der Waals surface area contributed by atoms with Crippen molar-refractivity contribution in [1.82, 2.24) is 9.55 Å². The molecule has 1 heterocycles. The Labute approximate surface area is 128 Å². The van der Waals surface area contributed by atoms with Crippen molar-refractivity contribution >= 4 is 50.2 Å². The van der Waals surface area contributed by atoms with Crippen molar-refractivity contribution in [2.45, 2.75) is 6.54 Å². The first-order valence-electron chi connectivity index (χ1n) is 5.43. The van der Waals surface area contributed by atoms with Gasteiger partial charge in [-0.15, -0.1) is 0 Å². The third-order valence-electron chi connectivity index (χ3n) is 2.43. The molecule has 1 aromatic heterocycles. The number of halogens is 2. The quantitative estimate of drug-likeness (QED) is 0.749. The van der Waals surface area contributed by atoms with Crippen LogP contribution in [0.5, 0.6) is 0 Å². The fourth-order valence-corrected chi connectivity index (χ4v) is 2.35. The van der Waals surface area contributed by atoms with E-state index in [1.807, 2.05) is 22.9 Å². The number of benzene rings is 1. The van der Waals surface area contributed by atoms with Crippen LogP contribution in [0, 0.1) is 3.57 Å². The highest BCUT2D eigenvalue weighted by molar-refractivity contribution is 14.1. The summed E-state index contributed by atoms with van der Waals surface area (Å²) in [6, 6.07) is 6.11. The van der Waals surface area contributed by atoms with Gasteiger partial charge in [0.15, 0.2) is 0 Å². The fourth-order valence-electron chi connectivity index (χ4n) is 1.52. The minimum Gasteiger partial charge on any atom is -0.383 e. The number of nitrogens with one attached hydrogen (secondary N) is 1. The second-order valence-electron chi connectivity index (χ2n) is 3.69. The Balaban J connectivity index is 2.18. The monoisotopic (exact) mass is 421 g/mol. The number of hydrogen-bond acceptors (Lipinski definition) is 3. The van der Waals surface area contributed by atoms with E-state index in [0.717, 1.165) is 26.2 Å². The largest absolute Gasteiger partial charge is 0.383 e. The first kappa shape index (κ1) is 13.8. The van der Waals surface area contributed by atoms with Gasteiger partial charge in [0.25, 0.3) is 0 Å². The molecule has 0 amide bonds. The summed E-state index contributed by atoms with van der Waals surface area (Å²) >= 11 is 5.77. The van der Waals surface area contributed by atoms with Gasteiger partial charge in [-0.25, -0.2) is 4.98 Å². The van der Waals surface area contributed by atoms with Crippen LogP contribution >= 0.6 is 38.5 Å². The Hall–Kier alpha value is -0.600. The lowest BCUT2D eigenvalue weighted by atomic mass is 10.3. The molecular formula is C12H13BrIN3O. The molecule has 18 heavy (non-hydrogen) atoms. The zero-order valence-corrected chi connectivity index (χ0v) is 13.6. The SMILES string of the molecule is COCCn1ccnc1Nc1cc(Br)ccc1I. The molecule has 0 unspecified atom stereocenters. The van der Waals surface area contributed by atoms with Gasteiger partial charge >= 0.3 is 0 Å². The van der Waals surface area contributed by atoms with Gasteiger partial charge in [-0.2, -0.15) is 0 Å². The first-order chi connectivity index (χ1) is 8.70. The lowest BCUT2D eigenvalue weighted by Gasteiger charge is -2.11. The molecule has 6 heteroatoms. The molecule has 0 radical (unpaired) electrons. The Morgan fingerprint density at radius 1 is 1.50 bits per heavy atom. The number of methoxy groups -OCH3 is 1. The maximum Gasteiger partial charge on any atom is 0.207 e. The second-order valence-corrected chi connectivity index (χ2v) is 5.76. The maximum atomic E-state index is 5.08.